The van der Waals surface area contributed by atoms with E-state index in [1.165, 1.54) is 0 Å². The van der Waals surface area contributed by atoms with Crippen LogP contribution in [0.3, 0.4) is 0 Å². The predicted octanol–water partition coefficient (Wildman–Crippen LogP) is 5.20. The fraction of sp³-hybridized carbons (Fsp3) is 0.211. The summed E-state index contributed by atoms with van der Waals surface area (Å²) >= 11 is 7.98. The van der Waals surface area contributed by atoms with Crippen molar-refractivity contribution in [2.75, 3.05) is 17.4 Å². The van der Waals surface area contributed by atoms with Crippen molar-refractivity contribution >= 4 is 40.4 Å². The highest BCUT2D eigenvalue weighted by Crippen LogP contribution is 2.37. The number of aromatic nitrogens is 2. The van der Waals surface area contributed by atoms with Crippen molar-refractivity contribution in [2.24, 2.45) is 0 Å². The van der Waals surface area contributed by atoms with E-state index in [-0.39, 0.29) is 0 Å². The zero-order chi connectivity index (χ0) is 17.4. The minimum Gasteiger partial charge on any atom is -0.494 e. The molecule has 1 aliphatic rings. The molecule has 0 aliphatic carbocycles. The van der Waals surface area contributed by atoms with Crippen LogP contribution in [0.4, 0.5) is 5.69 Å². The van der Waals surface area contributed by atoms with E-state index >= 15 is 0 Å². The summed E-state index contributed by atoms with van der Waals surface area (Å²) in [4.78, 5) is 6.96. The third-order valence-electron chi connectivity index (χ3n) is 4.15. The van der Waals surface area contributed by atoms with Crippen LogP contribution in [0.1, 0.15) is 18.3 Å². The SMILES string of the molecule is CCOc1ccc(N2CSC=C2c2c(C)nc3ccc(Cl)cn23)cc1. The Morgan fingerprint density at radius 1 is 1.20 bits per heavy atom. The van der Waals surface area contributed by atoms with Gasteiger partial charge < -0.3 is 9.64 Å². The summed E-state index contributed by atoms with van der Waals surface area (Å²) in [5.41, 5.74) is 5.25. The number of aryl methyl sites for hydroxylation is 1. The van der Waals surface area contributed by atoms with Gasteiger partial charge in [-0.05, 0) is 55.7 Å². The molecule has 0 N–H and O–H groups in total. The van der Waals surface area contributed by atoms with Crippen molar-refractivity contribution in [1.82, 2.24) is 9.38 Å². The molecule has 0 amide bonds. The molecule has 0 fully saturated rings. The van der Waals surface area contributed by atoms with Gasteiger partial charge in [-0.15, -0.1) is 11.8 Å². The number of fused-ring (bicyclic) bond motifs is 1. The fourth-order valence-corrected chi connectivity index (χ4v) is 4.12. The van der Waals surface area contributed by atoms with Gasteiger partial charge in [-0.2, -0.15) is 0 Å². The smallest absolute Gasteiger partial charge is 0.137 e. The monoisotopic (exact) mass is 371 g/mol. The largest absolute Gasteiger partial charge is 0.494 e. The predicted molar refractivity (Wildman–Crippen MR) is 105 cm³/mol. The molecule has 0 saturated heterocycles. The number of anilines is 1. The van der Waals surface area contributed by atoms with Crippen LogP contribution in [0.2, 0.25) is 5.02 Å². The van der Waals surface area contributed by atoms with Gasteiger partial charge >= 0.3 is 0 Å². The molecule has 1 aromatic carbocycles. The highest BCUT2D eigenvalue weighted by atomic mass is 35.5. The molecular formula is C19H18ClN3OS. The first-order valence-corrected chi connectivity index (χ1v) is 9.57. The van der Waals surface area contributed by atoms with Crippen molar-refractivity contribution in [2.45, 2.75) is 13.8 Å². The standard InChI is InChI=1S/C19H18ClN3OS/c1-3-24-16-7-5-15(6-8-16)23-12-25-11-17(23)19-13(2)21-18-9-4-14(20)10-22(18)19/h4-11H,3,12H2,1-2H3. The number of imidazole rings is 1. The minimum atomic E-state index is 0.672. The second kappa shape index (κ2) is 6.65. The Morgan fingerprint density at radius 2 is 2.00 bits per heavy atom. The van der Waals surface area contributed by atoms with E-state index in [1.807, 2.05) is 44.3 Å². The fourth-order valence-electron chi connectivity index (χ4n) is 3.06. The number of hydrogen-bond donors (Lipinski definition) is 0. The zero-order valence-electron chi connectivity index (χ0n) is 14.1. The Morgan fingerprint density at radius 3 is 2.76 bits per heavy atom. The van der Waals surface area contributed by atoms with Crippen LogP contribution in [0.15, 0.2) is 48.0 Å². The molecule has 6 heteroatoms. The normalized spacial score (nSPS) is 14.2. The molecule has 0 bridgehead atoms. The number of pyridine rings is 1. The van der Waals surface area contributed by atoms with Crippen LogP contribution in [-0.4, -0.2) is 21.9 Å². The van der Waals surface area contributed by atoms with E-state index in [2.05, 4.69) is 31.8 Å². The number of rotatable bonds is 4. The van der Waals surface area contributed by atoms with Crippen LogP contribution in [-0.2, 0) is 0 Å². The summed E-state index contributed by atoms with van der Waals surface area (Å²) in [7, 11) is 0. The second-order valence-corrected chi connectivity index (χ2v) is 7.04. The summed E-state index contributed by atoms with van der Waals surface area (Å²) < 4.78 is 7.61. The molecule has 0 atom stereocenters. The molecule has 0 spiro atoms. The summed E-state index contributed by atoms with van der Waals surface area (Å²) in [6, 6.07) is 12.0. The van der Waals surface area contributed by atoms with Crippen LogP contribution < -0.4 is 9.64 Å². The van der Waals surface area contributed by atoms with Gasteiger partial charge in [0.2, 0.25) is 0 Å². The summed E-state index contributed by atoms with van der Waals surface area (Å²) in [5, 5.41) is 2.89. The summed E-state index contributed by atoms with van der Waals surface area (Å²) in [5.74, 6) is 1.76. The van der Waals surface area contributed by atoms with Crippen molar-refractivity contribution in [3.05, 3.63) is 64.4 Å². The van der Waals surface area contributed by atoms with E-state index in [4.69, 9.17) is 16.3 Å². The molecule has 1 aliphatic heterocycles. The van der Waals surface area contributed by atoms with Crippen LogP contribution in [0.25, 0.3) is 11.3 Å². The molecule has 128 valence electrons. The molecule has 0 unspecified atom stereocenters. The first-order chi connectivity index (χ1) is 12.2. The topological polar surface area (TPSA) is 29.8 Å². The van der Waals surface area contributed by atoms with E-state index in [9.17, 15) is 0 Å². The van der Waals surface area contributed by atoms with Crippen LogP contribution in [0, 0.1) is 6.92 Å². The summed E-state index contributed by atoms with van der Waals surface area (Å²) in [6.45, 7) is 4.70. The number of halogens is 1. The molecule has 0 saturated carbocycles. The van der Waals surface area contributed by atoms with Crippen molar-refractivity contribution in [1.29, 1.82) is 0 Å². The Hall–Kier alpha value is -2.11. The maximum absolute atomic E-state index is 6.21. The lowest BCUT2D eigenvalue weighted by Crippen LogP contribution is -2.18. The van der Waals surface area contributed by atoms with Gasteiger partial charge in [0.1, 0.15) is 11.4 Å². The lowest BCUT2D eigenvalue weighted by atomic mass is 10.2. The molecule has 2 aromatic heterocycles. The van der Waals surface area contributed by atoms with E-state index < -0.39 is 0 Å². The third kappa shape index (κ3) is 2.98. The number of thioether (sulfide) groups is 1. The Labute approximate surface area is 156 Å². The molecule has 4 nitrogen and oxygen atoms in total. The van der Waals surface area contributed by atoms with Gasteiger partial charge in [-0.3, -0.25) is 4.40 Å². The van der Waals surface area contributed by atoms with E-state index in [0.717, 1.165) is 40.0 Å². The zero-order valence-corrected chi connectivity index (χ0v) is 15.6. The maximum atomic E-state index is 6.21. The first kappa shape index (κ1) is 16.4. The van der Waals surface area contributed by atoms with Crippen molar-refractivity contribution < 1.29 is 4.74 Å². The Bertz CT molecular complexity index is 949. The number of benzene rings is 1. The average Bonchev–Trinajstić information content (AvgIpc) is 3.19. The molecule has 4 rings (SSSR count). The molecule has 25 heavy (non-hydrogen) atoms. The lowest BCUT2D eigenvalue weighted by Gasteiger charge is -2.22. The maximum Gasteiger partial charge on any atom is 0.137 e. The molecule has 3 aromatic rings. The second-order valence-electron chi connectivity index (χ2n) is 5.78. The van der Waals surface area contributed by atoms with E-state index in [1.54, 1.807) is 11.8 Å². The quantitative estimate of drug-likeness (QED) is 0.630. The van der Waals surface area contributed by atoms with Gasteiger partial charge in [0.05, 0.1) is 34.6 Å². The average molecular weight is 372 g/mol. The highest BCUT2D eigenvalue weighted by Gasteiger charge is 2.24. The minimum absolute atomic E-state index is 0.672. The number of hydrogen-bond acceptors (Lipinski definition) is 4. The van der Waals surface area contributed by atoms with Gasteiger partial charge in [0, 0.05) is 11.9 Å². The van der Waals surface area contributed by atoms with E-state index in [0.29, 0.717) is 11.6 Å². The van der Waals surface area contributed by atoms with Gasteiger partial charge in [0.25, 0.3) is 0 Å². The van der Waals surface area contributed by atoms with Crippen molar-refractivity contribution in [3.63, 3.8) is 0 Å². The highest BCUT2D eigenvalue weighted by molar-refractivity contribution is 8.02. The van der Waals surface area contributed by atoms with Crippen LogP contribution in [0.5, 0.6) is 5.75 Å². The lowest BCUT2D eigenvalue weighted by molar-refractivity contribution is 0.340. The van der Waals surface area contributed by atoms with Crippen LogP contribution >= 0.6 is 23.4 Å². The first-order valence-electron chi connectivity index (χ1n) is 8.14. The summed E-state index contributed by atoms with van der Waals surface area (Å²) in [6.07, 6.45) is 1.92. The number of ether oxygens (including phenoxy) is 1. The van der Waals surface area contributed by atoms with Gasteiger partial charge in [-0.1, -0.05) is 11.6 Å². The molecular weight excluding hydrogens is 354 g/mol. The number of nitrogens with zero attached hydrogens (tertiary/aromatic N) is 3. The molecule has 0 radical (unpaired) electrons. The Balaban J connectivity index is 1.75. The van der Waals surface area contributed by atoms with Gasteiger partial charge in [0.15, 0.2) is 0 Å². The molecule has 3 heterocycles. The van der Waals surface area contributed by atoms with Gasteiger partial charge in [-0.25, -0.2) is 4.98 Å². The third-order valence-corrected chi connectivity index (χ3v) is 5.17. The Kier molecular flexibility index (Phi) is 4.36. The van der Waals surface area contributed by atoms with Crippen molar-refractivity contribution in [3.8, 4) is 5.75 Å².